The molecular formula is C20H31N3O2. The first-order valence-electron chi connectivity index (χ1n) is 9.79. The number of ether oxygens (including phenoxy) is 1. The zero-order valence-corrected chi connectivity index (χ0v) is 15.2. The van der Waals surface area contributed by atoms with Crippen LogP contribution in [0.3, 0.4) is 0 Å². The monoisotopic (exact) mass is 345 g/mol. The number of β-amino-alcohol motifs (C(OH)–C–C–N with tert-alkyl or cyclic N) is 1. The Morgan fingerprint density at radius 2 is 1.60 bits per heavy atom. The van der Waals surface area contributed by atoms with E-state index in [9.17, 15) is 5.11 Å². The van der Waals surface area contributed by atoms with Gasteiger partial charge in [-0.1, -0.05) is 18.2 Å². The Labute approximate surface area is 151 Å². The molecule has 25 heavy (non-hydrogen) atoms. The summed E-state index contributed by atoms with van der Waals surface area (Å²) >= 11 is 0. The van der Waals surface area contributed by atoms with Crippen LogP contribution in [0.2, 0.25) is 0 Å². The van der Waals surface area contributed by atoms with E-state index in [1.165, 1.54) is 50.3 Å². The van der Waals surface area contributed by atoms with Gasteiger partial charge in [0.2, 0.25) is 0 Å². The molecule has 1 N–H and O–H groups in total. The molecule has 0 aliphatic carbocycles. The molecule has 0 unspecified atom stereocenters. The van der Waals surface area contributed by atoms with Crippen molar-refractivity contribution in [2.24, 2.45) is 0 Å². The molecule has 0 bridgehead atoms. The fourth-order valence-corrected chi connectivity index (χ4v) is 4.79. The minimum absolute atomic E-state index is 0.232. The molecular weight excluding hydrogens is 314 g/mol. The first kappa shape index (κ1) is 17.3. The lowest BCUT2D eigenvalue weighted by atomic mass is 9.74. The summed E-state index contributed by atoms with van der Waals surface area (Å²) in [7, 11) is 0. The summed E-state index contributed by atoms with van der Waals surface area (Å²) in [6, 6.07) is 8.84. The zero-order chi connectivity index (χ0) is 17.1. The average molecular weight is 345 g/mol. The lowest BCUT2D eigenvalue weighted by molar-refractivity contribution is 0.0309. The number of para-hydroxylation sites is 1. The molecule has 1 spiro atoms. The molecule has 0 atom stereocenters. The van der Waals surface area contributed by atoms with Crippen molar-refractivity contribution in [2.75, 3.05) is 77.1 Å². The van der Waals surface area contributed by atoms with Crippen molar-refractivity contribution in [3.8, 4) is 0 Å². The zero-order valence-electron chi connectivity index (χ0n) is 15.2. The van der Waals surface area contributed by atoms with Crippen molar-refractivity contribution < 1.29 is 9.84 Å². The minimum atomic E-state index is 0.232. The fourth-order valence-electron chi connectivity index (χ4n) is 4.79. The van der Waals surface area contributed by atoms with Gasteiger partial charge in [0.25, 0.3) is 0 Å². The molecule has 5 nitrogen and oxygen atoms in total. The highest BCUT2D eigenvalue weighted by molar-refractivity contribution is 5.62. The molecule has 0 aromatic heterocycles. The number of morpholine rings is 1. The van der Waals surface area contributed by atoms with Crippen molar-refractivity contribution in [2.45, 2.75) is 18.3 Å². The summed E-state index contributed by atoms with van der Waals surface area (Å²) in [5.41, 5.74) is 3.15. The third-order valence-electron chi connectivity index (χ3n) is 6.33. The number of anilines is 1. The Kier molecular flexibility index (Phi) is 5.27. The van der Waals surface area contributed by atoms with Crippen LogP contribution in [-0.4, -0.2) is 87.1 Å². The summed E-state index contributed by atoms with van der Waals surface area (Å²) < 4.78 is 5.44. The van der Waals surface area contributed by atoms with Crippen LogP contribution in [0.15, 0.2) is 24.3 Å². The molecule has 138 valence electrons. The number of aliphatic hydroxyl groups excluding tert-OH is 1. The average Bonchev–Trinajstić information content (AvgIpc) is 2.96. The smallest absolute Gasteiger partial charge is 0.0606 e. The minimum Gasteiger partial charge on any atom is -0.395 e. The SMILES string of the molecule is OCCN1CC2(CCN(CCN3CCOCC3)CC2)c2ccccc21. The Hall–Kier alpha value is -1.14. The number of hydrogen-bond acceptors (Lipinski definition) is 5. The van der Waals surface area contributed by atoms with E-state index in [4.69, 9.17) is 4.74 Å². The van der Waals surface area contributed by atoms with Crippen LogP contribution in [0, 0.1) is 0 Å². The lowest BCUT2D eigenvalue weighted by Gasteiger charge is -2.40. The highest BCUT2D eigenvalue weighted by Gasteiger charge is 2.44. The summed E-state index contributed by atoms with van der Waals surface area (Å²) in [6.07, 6.45) is 2.46. The Balaban J connectivity index is 1.36. The van der Waals surface area contributed by atoms with E-state index in [0.717, 1.165) is 39.4 Å². The quantitative estimate of drug-likeness (QED) is 0.867. The Bertz CT molecular complexity index is 566. The number of aliphatic hydroxyl groups is 1. The number of rotatable bonds is 5. The molecule has 3 aliphatic heterocycles. The van der Waals surface area contributed by atoms with E-state index in [2.05, 4.69) is 39.0 Å². The maximum absolute atomic E-state index is 9.41. The summed E-state index contributed by atoms with van der Waals surface area (Å²) in [5.74, 6) is 0. The molecule has 3 aliphatic rings. The number of benzene rings is 1. The topological polar surface area (TPSA) is 39.2 Å². The summed E-state index contributed by atoms with van der Waals surface area (Å²) in [4.78, 5) is 7.55. The standard InChI is InChI=1S/C20H31N3O2/c24-14-11-23-17-20(18-3-1-2-4-19(18)23)5-7-21(8-6-20)9-10-22-12-15-25-16-13-22/h1-4,24H,5-17H2. The molecule has 0 saturated carbocycles. The summed E-state index contributed by atoms with van der Waals surface area (Å²) in [6.45, 7) is 10.7. The van der Waals surface area contributed by atoms with Crippen molar-refractivity contribution in [1.29, 1.82) is 0 Å². The number of hydrogen-bond donors (Lipinski definition) is 1. The first-order chi connectivity index (χ1) is 12.3. The van der Waals surface area contributed by atoms with Crippen LogP contribution in [0.1, 0.15) is 18.4 Å². The van der Waals surface area contributed by atoms with Crippen molar-refractivity contribution in [3.05, 3.63) is 29.8 Å². The highest BCUT2D eigenvalue weighted by atomic mass is 16.5. The number of likely N-dealkylation sites (tertiary alicyclic amines) is 1. The van der Waals surface area contributed by atoms with Gasteiger partial charge in [-0.15, -0.1) is 0 Å². The number of fused-ring (bicyclic) bond motifs is 2. The fraction of sp³-hybridized carbons (Fsp3) is 0.700. The van der Waals surface area contributed by atoms with Crippen LogP contribution in [0.4, 0.5) is 5.69 Å². The van der Waals surface area contributed by atoms with Gasteiger partial charge < -0.3 is 19.6 Å². The van der Waals surface area contributed by atoms with Crippen LogP contribution in [-0.2, 0) is 10.2 Å². The Morgan fingerprint density at radius 3 is 2.32 bits per heavy atom. The second kappa shape index (κ2) is 7.62. The van der Waals surface area contributed by atoms with E-state index in [1.807, 2.05) is 0 Å². The first-order valence-corrected chi connectivity index (χ1v) is 9.79. The molecule has 1 aromatic carbocycles. The highest BCUT2D eigenvalue weighted by Crippen LogP contribution is 2.46. The van der Waals surface area contributed by atoms with E-state index in [1.54, 1.807) is 0 Å². The van der Waals surface area contributed by atoms with E-state index in [0.29, 0.717) is 5.41 Å². The molecule has 2 fully saturated rings. The second-order valence-corrected chi connectivity index (χ2v) is 7.74. The molecule has 4 rings (SSSR count). The van der Waals surface area contributed by atoms with Gasteiger partial charge in [-0.25, -0.2) is 0 Å². The van der Waals surface area contributed by atoms with Crippen LogP contribution in [0.25, 0.3) is 0 Å². The normalized spacial score (nSPS) is 24.0. The van der Waals surface area contributed by atoms with E-state index >= 15 is 0 Å². The van der Waals surface area contributed by atoms with Crippen molar-refractivity contribution in [3.63, 3.8) is 0 Å². The van der Waals surface area contributed by atoms with Gasteiger partial charge in [0.1, 0.15) is 0 Å². The van der Waals surface area contributed by atoms with E-state index < -0.39 is 0 Å². The predicted octanol–water partition coefficient (Wildman–Crippen LogP) is 1.16. The number of piperidine rings is 1. The Morgan fingerprint density at radius 1 is 0.920 bits per heavy atom. The van der Waals surface area contributed by atoms with Crippen molar-refractivity contribution >= 4 is 5.69 Å². The van der Waals surface area contributed by atoms with Gasteiger partial charge in [-0.05, 0) is 37.6 Å². The maximum atomic E-state index is 9.41. The molecule has 5 heteroatoms. The second-order valence-electron chi connectivity index (χ2n) is 7.74. The lowest BCUT2D eigenvalue weighted by Crippen LogP contribution is -2.48. The van der Waals surface area contributed by atoms with Gasteiger partial charge in [-0.2, -0.15) is 0 Å². The van der Waals surface area contributed by atoms with Crippen LogP contribution in [0.5, 0.6) is 0 Å². The van der Waals surface area contributed by atoms with Gasteiger partial charge >= 0.3 is 0 Å². The molecule has 2 saturated heterocycles. The predicted molar refractivity (Wildman–Crippen MR) is 100 cm³/mol. The summed E-state index contributed by atoms with van der Waals surface area (Å²) in [5, 5.41) is 9.41. The molecule has 1 aromatic rings. The van der Waals surface area contributed by atoms with Gasteiger partial charge in [-0.3, -0.25) is 4.90 Å². The largest absolute Gasteiger partial charge is 0.395 e. The molecule has 3 heterocycles. The van der Waals surface area contributed by atoms with Gasteiger partial charge in [0.15, 0.2) is 0 Å². The number of nitrogens with zero attached hydrogens (tertiary/aromatic N) is 3. The molecule has 0 amide bonds. The van der Waals surface area contributed by atoms with Gasteiger partial charge in [0.05, 0.1) is 19.8 Å². The van der Waals surface area contributed by atoms with Crippen molar-refractivity contribution in [1.82, 2.24) is 9.80 Å². The van der Waals surface area contributed by atoms with Crippen LogP contribution < -0.4 is 4.90 Å². The third-order valence-corrected chi connectivity index (χ3v) is 6.33. The maximum Gasteiger partial charge on any atom is 0.0606 e. The van der Waals surface area contributed by atoms with Gasteiger partial charge in [0, 0.05) is 50.4 Å². The molecule has 0 radical (unpaired) electrons. The van der Waals surface area contributed by atoms with E-state index in [-0.39, 0.29) is 6.61 Å². The van der Waals surface area contributed by atoms with Crippen LogP contribution >= 0.6 is 0 Å². The third kappa shape index (κ3) is 3.56.